The molecule has 5 N–H and O–H groups in total. The van der Waals surface area contributed by atoms with E-state index in [2.05, 4.69) is 5.32 Å². The van der Waals surface area contributed by atoms with Gasteiger partial charge in [-0.05, 0) is 11.5 Å². The molecule has 9 heteroatoms. The fourth-order valence-corrected chi connectivity index (χ4v) is 1.29. The van der Waals surface area contributed by atoms with Crippen LogP contribution in [0.5, 0.6) is 0 Å². The number of nitrogens with zero attached hydrogens (tertiary/aromatic N) is 1. The first-order chi connectivity index (χ1) is 8.43. The summed E-state index contributed by atoms with van der Waals surface area (Å²) in [6.45, 7) is -0.462. The van der Waals surface area contributed by atoms with E-state index in [1.54, 1.807) is 0 Å². The summed E-state index contributed by atoms with van der Waals surface area (Å²) in [6.07, 6.45) is -1.01. The Morgan fingerprint density at radius 2 is 2.06 bits per heavy atom. The Kier molecular flexibility index (Phi) is 5.04. The molecule has 1 atom stereocenters. The van der Waals surface area contributed by atoms with Gasteiger partial charge in [-0.3, -0.25) is 10.1 Å². The molecule has 0 aromatic heterocycles. The Labute approximate surface area is 103 Å². The van der Waals surface area contributed by atoms with Crippen LogP contribution in [0.4, 0.5) is 11.4 Å². The largest absolute Gasteiger partial charge is 0.488 e. The first-order valence-corrected chi connectivity index (χ1v) is 5.12. The summed E-state index contributed by atoms with van der Waals surface area (Å²) < 4.78 is 0. The second-order valence-electron chi connectivity index (χ2n) is 3.66. The van der Waals surface area contributed by atoms with Gasteiger partial charge in [0, 0.05) is 24.4 Å². The summed E-state index contributed by atoms with van der Waals surface area (Å²) in [4.78, 5) is 9.98. The summed E-state index contributed by atoms with van der Waals surface area (Å²) in [6, 6.07) is 3.54. The van der Waals surface area contributed by atoms with Crippen LogP contribution in [0.1, 0.15) is 0 Å². The van der Waals surface area contributed by atoms with Crippen LogP contribution in [-0.4, -0.2) is 51.6 Å². The molecule has 0 amide bonds. The van der Waals surface area contributed by atoms with Crippen molar-refractivity contribution in [3.8, 4) is 0 Å². The third-order valence-electron chi connectivity index (χ3n) is 2.20. The number of aliphatic hydroxyl groups excluding tert-OH is 2. The normalized spacial score (nSPS) is 12.0. The third kappa shape index (κ3) is 3.97. The highest BCUT2D eigenvalue weighted by molar-refractivity contribution is 6.58. The van der Waals surface area contributed by atoms with Gasteiger partial charge in [-0.1, -0.05) is 0 Å². The molecule has 8 nitrogen and oxygen atoms in total. The molecular weight excluding hydrogens is 243 g/mol. The van der Waals surface area contributed by atoms with E-state index < -0.39 is 24.8 Å². The average Bonchev–Trinajstić information content (AvgIpc) is 2.35. The monoisotopic (exact) mass is 256 g/mol. The molecule has 0 fully saturated rings. The SMILES string of the molecule is O=[N+]([O-])c1cc(NCC(O)CO)cc(B(O)O)c1. The number of aliphatic hydroxyl groups is 2. The van der Waals surface area contributed by atoms with Crippen molar-refractivity contribution in [3.63, 3.8) is 0 Å². The van der Waals surface area contributed by atoms with E-state index in [1.165, 1.54) is 12.1 Å². The van der Waals surface area contributed by atoms with Crippen LogP contribution in [0.15, 0.2) is 18.2 Å². The van der Waals surface area contributed by atoms with E-state index in [0.29, 0.717) is 0 Å². The lowest BCUT2D eigenvalue weighted by atomic mass is 9.80. The molecule has 1 aromatic rings. The van der Waals surface area contributed by atoms with Gasteiger partial charge in [-0.25, -0.2) is 0 Å². The summed E-state index contributed by atoms with van der Waals surface area (Å²) in [5.74, 6) is 0. The lowest BCUT2D eigenvalue weighted by Gasteiger charge is -2.11. The fraction of sp³-hybridized carbons (Fsp3) is 0.333. The molecule has 0 aliphatic rings. The predicted molar refractivity (Wildman–Crippen MR) is 64.5 cm³/mol. The molecule has 0 spiro atoms. The maximum Gasteiger partial charge on any atom is 0.488 e. The molecule has 0 saturated carbocycles. The van der Waals surface area contributed by atoms with Crippen molar-refractivity contribution in [2.24, 2.45) is 0 Å². The molecule has 0 radical (unpaired) electrons. The van der Waals surface area contributed by atoms with Crippen LogP contribution in [0.2, 0.25) is 0 Å². The smallest absolute Gasteiger partial charge is 0.423 e. The van der Waals surface area contributed by atoms with Crippen LogP contribution in [0.3, 0.4) is 0 Å². The summed E-state index contributed by atoms with van der Waals surface area (Å²) >= 11 is 0. The fourth-order valence-electron chi connectivity index (χ4n) is 1.29. The van der Waals surface area contributed by atoms with Gasteiger partial charge in [0.25, 0.3) is 5.69 Å². The lowest BCUT2D eigenvalue weighted by Crippen LogP contribution is -2.31. The Bertz CT molecular complexity index is 428. The van der Waals surface area contributed by atoms with Gasteiger partial charge in [0.1, 0.15) is 0 Å². The van der Waals surface area contributed by atoms with Crippen molar-refractivity contribution >= 4 is 24.0 Å². The average molecular weight is 256 g/mol. The Hall–Kier alpha value is -1.68. The number of rotatable bonds is 6. The quantitative estimate of drug-likeness (QED) is 0.226. The minimum Gasteiger partial charge on any atom is -0.423 e. The van der Waals surface area contributed by atoms with Crippen LogP contribution in [0, 0.1) is 10.1 Å². The number of hydrogen-bond acceptors (Lipinski definition) is 7. The number of non-ortho nitro benzene ring substituents is 1. The highest BCUT2D eigenvalue weighted by Crippen LogP contribution is 2.16. The highest BCUT2D eigenvalue weighted by Gasteiger charge is 2.17. The zero-order valence-electron chi connectivity index (χ0n) is 9.35. The molecule has 1 rings (SSSR count). The number of nitro benzene ring substituents is 1. The topological polar surface area (TPSA) is 136 Å². The van der Waals surface area contributed by atoms with Crippen molar-refractivity contribution in [2.75, 3.05) is 18.5 Å². The molecule has 0 heterocycles. The van der Waals surface area contributed by atoms with E-state index in [9.17, 15) is 10.1 Å². The van der Waals surface area contributed by atoms with Gasteiger partial charge >= 0.3 is 7.12 Å². The summed E-state index contributed by atoms with van der Waals surface area (Å²) in [7, 11) is -1.83. The van der Waals surface area contributed by atoms with E-state index in [4.69, 9.17) is 20.3 Å². The van der Waals surface area contributed by atoms with E-state index in [0.717, 1.165) is 6.07 Å². The minimum atomic E-state index is -1.83. The molecule has 18 heavy (non-hydrogen) atoms. The van der Waals surface area contributed by atoms with Crippen LogP contribution in [-0.2, 0) is 0 Å². The molecular formula is C9H13BN2O6. The minimum absolute atomic E-state index is 0.0152. The first kappa shape index (κ1) is 14.4. The van der Waals surface area contributed by atoms with Crippen molar-refractivity contribution in [1.29, 1.82) is 0 Å². The Balaban J connectivity index is 2.93. The first-order valence-electron chi connectivity index (χ1n) is 5.12. The van der Waals surface area contributed by atoms with Crippen LogP contribution in [0.25, 0.3) is 0 Å². The van der Waals surface area contributed by atoms with Crippen molar-refractivity contribution in [2.45, 2.75) is 6.10 Å². The van der Waals surface area contributed by atoms with E-state index >= 15 is 0 Å². The van der Waals surface area contributed by atoms with Gasteiger partial charge in [0.05, 0.1) is 17.6 Å². The second-order valence-corrected chi connectivity index (χ2v) is 3.66. The Morgan fingerprint density at radius 3 is 2.56 bits per heavy atom. The molecule has 98 valence electrons. The van der Waals surface area contributed by atoms with Gasteiger partial charge < -0.3 is 25.6 Å². The maximum atomic E-state index is 10.6. The van der Waals surface area contributed by atoms with E-state index in [-0.39, 0.29) is 23.4 Å². The lowest BCUT2D eigenvalue weighted by molar-refractivity contribution is -0.384. The van der Waals surface area contributed by atoms with Crippen molar-refractivity contribution in [1.82, 2.24) is 0 Å². The number of hydrogen-bond donors (Lipinski definition) is 5. The van der Waals surface area contributed by atoms with Gasteiger partial charge in [-0.15, -0.1) is 0 Å². The molecule has 1 aromatic carbocycles. The molecule has 0 aliphatic heterocycles. The predicted octanol–water partition coefficient (Wildman–Crippen LogP) is -1.96. The molecule has 0 bridgehead atoms. The number of anilines is 1. The van der Waals surface area contributed by atoms with Gasteiger partial charge in [-0.2, -0.15) is 0 Å². The van der Waals surface area contributed by atoms with Crippen LogP contribution < -0.4 is 10.8 Å². The maximum absolute atomic E-state index is 10.6. The number of nitro groups is 1. The molecule has 0 aliphatic carbocycles. The zero-order chi connectivity index (χ0) is 13.7. The summed E-state index contributed by atoms with van der Waals surface area (Å²) in [5.41, 5.74) is -0.0911. The summed E-state index contributed by atoms with van der Waals surface area (Å²) in [5, 5.41) is 49.0. The Morgan fingerprint density at radius 1 is 1.39 bits per heavy atom. The number of benzene rings is 1. The standard InChI is InChI=1S/C9H13BN2O6/c13-5-9(14)4-11-7-1-6(10(15)16)2-8(3-7)12(17)18/h1-3,9,11,13-16H,4-5H2. The van der Waals surface area contributed by atoms with Crippen LogP contribution >= 0.6 is 0 Å². The second kappa shape index (κ2) is 6.31. The van der Waals surface area contributed by atoms with Crippen molar-refractivity contribution < 1.29 is 25.2 Å². The third-order valence-corrected chi connectivity index (χ3v) is 2.20. The van der Waals surface area contributed by atoms with E-state index in [1.807, 2.05) is 0 Å². The highest BCUT2D eigenvalue weighted by atomic mass is 16.6. The number of nitrogens with one attached hydrogen (secondary N) is 1. The molecule has 0 saturated heterocycles. The zero-order valence-corrected chi connectivity index (χ0v) is 9.35. The van der Waals surface area contributed by atoms with Gasteiger partial charge in [0.2, 0.25) is 0 Å². The van der Waals surface area contributed by atoms with Crippen molar-refractivity contribution in [3.05, 3.63) is 28.3 Å². The van der Waals surface area contributed by atoms with Gasteiger partial charge in [0.15, 0.2) is 0 Å². The molecule has 1 unspecified atom stereocenters.